The van der Waals surface area contributed by atoms with Gasteiger partial charge >= 0.3 is 0 Å². The number of nitriles is 1. The molecule has 1 amide bonds. The molecule has 1 atom stereocenters. The maximum absolute atomic E-state index is 12.7. The van der Waals surface area contributed by atoms with E-state index >= 15 is 0 Å². The van der Waals surface area contributed by atoms with Crippen LogP contribution >= 0.6 is 0 Å². The number of anilines is 1. The molecule has 0 spiro atoms. The quantitative estimate of drug-likeness (QED) is 0.720. The first kappa shape index (κ1) is 21.0. The molecular weight excluding hydrogens is 316 g/mol. The molecule has 0 unspecified atom stereocenters. The van der Waals surface area contributed by atoms with Crippen molar-refractivity contribution in [3.8, 4) is 11.8 Å². The second kappa shape index (κ2) is 9.43. The summed E-state index contributed by atoms with van der Waals surface area (Å²) >= 11 is 0. The summed E-state index contributed by atoms with van der Waals surface area (Å²) in [6.45, 7) is 12.9. The van der Waals surface area contributed by atoms with Crippen molar-refractivity contribution in [1.29, 1.82) is 5.26 Å². The van der Waals surface area contributed by atoms with Crippen molar-refractivity contribution in [3.63, 3.8) is 0 Å². The van der Waals surface area contributed by atoms with Crippen LogP contribution in [0.5, 0.6) is 5.75 Å². The van der Waals surface area contributed by atoms with Crippen LogP contribution in [0.15, 0.2) is 18.2 Å². The molecule has 1 aromatic rings. The molecule has 1 rings (SSSR count). The van der Waals surface area contributed by atoms with Crippen molar-refractivity contribution < 1.29 is 14.3 Å². The van der Waals surface area contributed by atoms with Crippen LogP contribution in [0.3, 0.4) is 0 Å². The molecule has 5 nitrogen and oxygen atoms in total. The van der Waals surface area contributed by atoms with Crippen molar-refractivity contribution >= 4 is 11.6 Å². The standard InChI is InChI=1S/C20H30N2O3/c1-7-25-20(6,11-14(2)3)19(23)22-17-8-9-18(16(10-17)12-21)24-13-15(4)5/h8-10,14-15H,7,11,13H2,1-6H3,(H,22,23)/t20-/m1/s1. The van der Waals surface area contributed by atoms with E-state index in [0.717, 1.165) is 0 Å². The van der Waals surface area contributed by atoms with Gasteiger partial charge in [-0.15, -0.1) is 0 Å². The van der Waals surface area contributed by atoms with Crippen molar-refractivity contribution in [2.75, 3.05) is 18.5 Å². The van der Waals surface area contributed by atoms with E-state index in [1.807, 2.05) is 20.8 Å². The maximum Gasteiger partial charge on any atom is 0.256 e. The number of carbonyl (C=O) groups excluding carboxylic acids is 1. The minimum absolute atomic E-state index is 0.206. The van der Waals surface area contributed by atoms with E-state index in [1.54, 1.807) is 25.1 Å². The summed E-state index contributed by atoms with van der Waals surface area (Å²) in [6, 6.07) is 7.22. The summed E-state index contributed by atoms with van der Waals surface area (Å²) in [5.74, 6) is 1.02. The second-order valence-corrected chi connectivity index (χ2v) is 7.24. The molecule has 0 saturated heterocycles. The molecule has 0 fully saturated rings. The number of nitrogens with one attached hydrogen (secondary N) is 1. The molecule has 0 radical (unpaired) electrons. The number of hydrogen-bond donors (Lipinski definition) is 1. The smallest absolute Gasteiger partial charge is 0.256 e. The van der Waals surface area contributed by atoms with Gasteiger partial charge in [0.2, 0.25) is 0 Å². The fraction of sp³-hybridized carbons (Fsp3) is 0.600. The number of carbonyl (C=O) groups is 1. The summed E-state index contributed by atoms with van der Waals surface area (Å²) in [4.78, 5) is 12.7. The molecule has 0 aliphatic rings. The zero-order valence-electron chi connectivity index (χ0n) is 16.2. The lowest BCUT2D eigenvalue weighted by molar-refractivity contribution is -0.140. The van der Waals surface area contributed by atoms with Gasteiger partial charge < -0.3 is 14.8 Å². The predicted molar refractivity (Wildman–Crippen MR) is 99.6 cm³/mol. The third-order valence-electron chi connectivity index (χ3n) is 3.67. The van der Waals surface area contributed by atoms with Crippen LogP contribution in [0.1, 0.15) is 53.5 Å². The van der Waals surface area contributed by atoms with E-state index in [-0.39, 0.29) is 5.91 Å². The van der Waals surface area contributed by atoms with Gasteiger partial charge in [-0.05, 0) is 50.3 Å². The Bertz CT molecular complexity index is 620. The lowest BCUT2D eigenvalue weighted by Crippen LogP contribution is -2.44. The molecule has 1 N–H and O–H groups in total. The van der Waals surface area contributed by atoms with Crippen molar-refractivity contribution in [2.45, 2.75) is 53.6 Å². The average Bonchev–Trinajstić information content (AvgIpc) is 2.52. The largest absolute Gasteiger partial charge is 0.492 e. The van der Waals surface area contributed by atoms with E-state index in [2.05, 4.69) is 25.2 Å². The van der Waals surface area contributed by atoms with Crippen LogP contribution < -0.4 is 10.1 Å². The molecular formula is C20H30N2O3. The zero-order valence-corrected chi connectivity index (χ0v) is 16.2. The highest BCUT2D eigenvalue weighted by Gasteiger charge is 2.34. The minimum atomic E-state index is -0.900. The topological polar surface area (TPSA) is 71.3 Å². The molecule has 0 heterocycles. The van der Waals surface area contributed by atoms with Crippen LogP contribution in [-0.2, 0) is 9.53 Å². The SMILES string of the molecule is CCO[C@](C)(CC(C)C)C(=O)Nc1ccc(OCC(C)C)c(C#N)c1. The number of hydrogen-bond acceptors (Lipinski definition) is 4. The lowest BCUT2D eigenvalue weighted by Gasteiger charge is -2.30. The van der Waals surface area contributed by atoms with Crippen molar-refractivity contribution in [1.82, 2.24) is 0 Å². The van der Waals surface area contributed by atoms with Crippen molar-refractivity contribution in [3.05, 3.63) is 23.8 Å². The molecule has 0 aromatic heterocycles. The highest BCUT2D eigenvalue weighted by Crippen LogP contribution is 2.26. The summed E-state index contributed by atoms with van der Waals surface area (Å²) in [7, 11) is 0. The van der Waals surface area contributed by atoms with Gasteiger partial charge in [0.15, 0.2) is 0 Å². The molecule has 0 bridgehead atoms. The number of ether oxygens (including phenoxy) is 2. The maximum atomic E-state index is 12.7. The van der Waals surface area contributed by atoms with Crippen LogP contribution in [0, 0.1) is 23.2 Å². The monoisotopic (exact) mass is 346 g/mol. The van der Waals surface area contributed by atoms with Gasteiger partial charge in [-0.3, -0.25) is 4.79 Å². The Balaban J connectivity index is 2.94. The Labute approximate surface area is 151 Å². The minimum Gasteiger partial charge on any atom is -0.492 e. The van der Waals surface area contributed by atoms with Gasteiger partial charge in [0, 0.05) is 12.3 Å². The fourth-order valence-corrected chi connectivity index (χ4v) is 2.66. The van der Waals surface area contributed by atoms with Gasteiger partial charge in [-0.2, -0.15) is 5.26 Å². The van der Waals surface area contributed by atoms with Crippen LogP contribution in [0.4, 0.5) is 5.69 Å². The summed E-state index contributed by atoms with van der Waals surface area (Å²) in [5.41, 5.74) is 0.0660. The average molecular weight is 346 g/mol. The van der Waals surface area contributed by atoms with E-state index in [0.29, 0.717) is 48.5 Å². The third kappa shape index (κ3) is 6.39. The van der Waals surface area contributed by atoms with Gasteiger partial charge in [-0.25, -0.2) is 0 Å². The van der Waals surface area contributed by atoms with Gasteiger partial charge in [0.25, 0.3) is 5.91 Å². The first-order chi connectivity index (χ1) is 11.7. The molecule has 25 heavy (non-hydrogen) atoms. The van der Waals surface area contributed by atoms with Crippen LogP contribution in [0.25, 0.3) is 0 Å². The van der Waals surface area contributed by atoms with Crippen LogP contribution in [0.2, 0.25) is 0 Å². The van der Waals surface area contributed by atoms with E-state index in [4.69, 9.17) is 9.47 Å². The predicted octanol–water partition coefficient (Wildman–Crippen LogP) is 4.37. The number of benzene rings is 1. The van der Waals surface area contributed by atoms with Gasteiger partial charge in [-0.1, -0.05) is 27.7 Å². The normalized spacial score (nSPS) is 13.4. The Morgan fingerprint density at radius 1 is 1.28 bits per heavy atom. The van der Waals surface area contributed by atoms with Gasteiger partial charge in [0.05, 0.1) is 12.2 Å². The third-order valence-corrected chi connectivity index (χ3v) is 3.67. The first-order valence-corrected chi connectivity index (χ1v) is 8.84. The highest BCUT2D eigenvalue weighted by atomic mass is 16.5. The molecule has 0 saturated carbocycles. The summed E-state index contributed by atoms with van der Waals surface area (Å²) < 4.78 is 11.4. The first-order valence-electron chi connectivity index (χ1n) is 8.84. The zero-order chi connectivity index (χ0) is 19.0. The Morgan fingerprint density at radius 3 is 2.48 bits per heavy atom. The fourth-order valence-electron chi connectivity index (χ4n) is 2.66. The Hall–Kier alpha value is -2.06. The van der Waals surface area contributed by atoms with Crippen molar-refractivity contribution in [2.24, 2.45) is 11.8 Å². The number of amides is 1. The van der Waals surface area contributed by atoms with Crippen LogP contribution in [-0.4, -0.2) is 24.7 Å². The second-order valence-electron chi connectivity index (χ2n) is 7.24. The molecule has 138 valence electrons. The molecule has 1 aromatic carbocycles. The Morgan fingerprint density at radius 2 is 1.96 bits per heavy atom. The molecule has 5 heteroatoms. The van der Waals surface area contributed by atoms with E-state index in [9.17, 15) is 10.1 Å². The number of nitrogens with zero attached hydrogens (tertiary/aromatic N) is 1. The van der Waals surface area contributed by atoms with E-state index < -0.39 is 5.60 Å². The Kier molecular flexibility index (Phi) is 7.92. The summed E-state index contributed by atoms with van der Waals surface area (Å²) in [5, 5.41) is 12.2. The lowest BCUT2D eigenvalue weighted by atomic mass is 9.93. The van der Waals surface area contributed by atoms with Gasteiger partial charge in [0.1, 0.15) is 17.4 Å². The highest BCUT2D eigenvalue weighted by molar-refractivity contribution is 5.97. The van der Waals surface area contributed by atoms with E-state index in [1.165, 1.54) is 0 Å². The molecule has 0 aliphatic carbocycles. The summed E-state index contributed by atoms with van der Waals surface area (Å²) in [6.07, 6.45) is 0.618. The number of rotatable bonds is 9. The molecule has 0 aliphatic heterocycles.